The molecule has 0 saturated heterocycles. The summed E-state index contributed by atoms with van der Waals surface area (Å²) in [4.78, 5) is 16.3. The Morgan fingerprint density at radius 3 is 2.86 bits per heavy atom. The van der Waals surface area contributed by atoms with E-state index >= 15 is 0 Å². The highest BCUT2D eigenvalue weighted by Crippen LogP contribution is 2.65. The quantitative estimate of drug-likeness (QED) is 0.662. The SMILES string of the molecule is CC1CC2=CC(=O)CCC2C2CCC3(C)C(CCC3(O)C#Cc3ccccn3)C12. The number of rotatable bonds is 0. The third-order valence-electron chi connectivity index (χ3n) is 8.85. The zero-order valence-corrected chi connectivity index (χ0v) is 17.5. The summed E-state index contributed by atoms with van der Waals surface area (Å²) in [5.41, 5.74) is 1.06. The molecule has 29 heavy (non-hydrogen) atoms. The first-order valence-corrected chi connectivity index (χ1v) is 11.3. The summed E-state index contributed by atoms with van der Waals surface area (Å²) in [5.74, 6) is 9.73. The molecule has 0 aromatic carbocycles. The molecular formula is C26H31NO2. The van der Waals surface area contributed by atoms with Crippen LogP contribution in [0.2, 0.25) is 0 Å². The van der Waals surface area contributed by atoms with Crippen molar-refractivity contribution in [3.8, 4) is 11.8 Å². The summed E-state index contributed by atoms with van der Waals surface area (Å²) >= 11 is 0. The second kappa shape index (κ2) is 6.81. The first kappa shape index (κ1) is 19.1. The van der Waals surface area contributed by atoms with Gasteiger partial charge in [-0.2, -0.15) is 0 Å². The third kappa shape index (κ3) is 2.91. The minimum absolute atomic E-state index is 0.157. The Morgan fingerprint density at radius 2 is 2.07 bits per heavy atom. The first-order valence-electron chi connectivity index (χ1n) is 11.3. The Hall–Kier alpha value is -1.92. The van der Waals surface area contributed by atoms with Crippen LogP contribution in [0.25, 0.3) is 0 Å². The molecule has 1 heterocycles. The van der Waals surface area contributed by atoms with Crippen LogP contribution in [0.1, 0.15) is 64.5 Å². The molecule has 3 heteroatoms. The van der Waals surface area contributed by atoms with E-state index in [1.165, 1.54) is 5.57 Å². The minimum Gasteiger partial charge on any atom is -0.377 e. The fourth-order valence-electron chi connectivity index (χ4n) is 7.42. The highest BCUT2D eigenvalue weighted by Gasteiger charge is 2.63. The van der Waals surface area contributed by atoms with Gasteiger partial charge in [-0.15, -0.1) is 0 Å². The average molecular weight is 390 g/mol. The number of ketones is 1. The van der Waals surface area contributed by atoms with E-state index in [9.17, 15) is 9.90 Å². The Kier molecular flexibility index (Phi) is 4.48. The molecule has 0 bridgehead atoms. The lowest BCUT2D eigenvalue weighted by molar-refractivity contribution is -0.117. The molecule has 3 saturated carbocycles. The van der Waals surface area contributed by atoms with Gasteiger partial charge in [-0.25, -0.2) is 4.98 Å². The maximum absolute atomic E-state index is 12.0. The van der Waals surface area contributed by atoms with Gasteiger partial charge in [0.2, 0.25) is 0 Å². The molecule has 1 aromatic rings. The molecule has 0 spiro atoms. The number of fused-ring (bicyclic) bond motifs is 5. The molecule has 0 amide bonds. The van der Waals surface area contributed by atoms with E-state index in [2.05, 4.69) is 30.7 Å². The molecular weight excluding hydrogens is 358 g/mol. The van der Waals surface area contributed by atoms with Crippen LogP contribution in [0, 0.1) is 46.8 Å². The van der Waals surface area contributed by atoms with Crippen molar-refractivity contribution in [1.82, 2.24) is 4.98 Å². The van der Waals surface area contributed by atoms with Gasteiger partial charge in [-0.05, 0) is 92.2 Å². The topological polar surface area (TPSA) is 50.2 Å². The summed E-state index contributed by atoms with van der Waals surface area (Å²) < 4.78 is 0. The summed E-state index contributed by atoms with van der Waals surface area (Å²) in [6.45, 7) is 4.66. The van der Waals surface area contributed by atoms with Crippen molar-refractivity contribution in [2.24, 2.45) is 35.0 Å². The predicted octanol–water partition coefficient (Wildman–Crippen LogP) is 4.55. The van der Waals surface area contributed by atoms with Crippen molar-refractivity contribution in [1.29, 1.82) is 0 Å². The standard InChI is InChI=1S/C26H31NO2/c1-17-15-18-16-20(28)6-7-21(18)22-9-11-25(2)23(24(17)22)10-13-26(25,29)12-8-19-5-3-4-14-27-19/h3-5,14,16-17,21-24,29H,6-7,9-11,13,15H2,1-2H3. The first-order chi connectivity index (χ1) is 13.9. The van der Waals surface area contributed by atoms with Crippen LogP contribution in [-0.2, 0) is 4.79 Å². The molecule has 4 aliphatic carbocycles. The van der Waals surface area contributed by atoms with E-state index in [-0.39, 0.29) is 5.41 Å². The third-order valence-corrected chi connectivity index (χ3v) is 8.85. The Morgan fingerprint density at radius 1 is 1.21 bits per heavy atom. The van der Waals surface area contributed by atoms with Crippen LogP contribution < -0.4 is 0 Å². The summed E-state index contributed by atoms with van der Waals surface area (Å²) in [7, 11) is 0. The largest absolute Gasteiger partial charge is 0.377 e. The summed E-state index contributed by atoms with van der Waals surface area (Å²) in [6.07, 6.45) is 10.5. The van der Waals surface area contributed by atoms with Crippen LogP contribution >= 0.6 is 0 Å². The lowest BCUT2D eigenvalue weighted by Gasteiger charge is -2.56. The smallest absolute Gasteiger partial charge is 0.155 e. The normalized spacial score (nSPS) is 43.3. The van der Waals surface area contributed by atoms with Gasteiger partial charge in [0.15, 0.2) is 5.78 Å². The van der Waals surface area contributed by atoms with Crippen LogP contribution in [0.4, 0.5) is 0 Å². The average Bonchev–Trinajstić information content (AvgIpc) is 2.98. The fraction of sp³-hybridized carbons (Fsp3) is 0.615. The van der Waals surface area contributed by atoms with Crippen LogP contribution in [-0.4, -0.2) is 21.5 Å². The number of allylic oxidation sites excluding steroid dienone is 1. The molecule has 7 unspecified atom stereocenters. The number of hydrogen-bond donors (Lipinski definition) is 1. The highest BCUT2D eigenvalue weighted by atomic mass is 16.3. The number of aromatic nitrogens is 1. The monoisotopic (exact) mass is 389 g/mol. The van der Waals surface area contributed by atoms with E-state index in [1.54, 1.807) is 6.20 Å². The zero-order chi connectivity index (χ0) is 20.2. The van der Waals surface area contributed by atoms with E-state index in [4.69, 9.17) is 0 Å². The highest BCUT2D eigenvalue weighted by molar-refractivity contribution is 5.91. The fourth-order valence-corrected chi connectivity index (χ4v) is 7.42. The van der Waals surface area contributed by atoms with E-state index in [0.29, 0.717) is 41.8 Å². The molecule has 1 N–H and O–H groups in total. The van der Waals surface area contributed by atoms with Crippen molar-refractivity contribution < 1.29 is 9.90 Å². The Labute approximate surface area is 174 Å². The molecule has 3 fully saturated rings. The number of carbonyl (C=O) groups excluding carboxylic acids is 1. The zero-order valence-electron chi connectivity index (χ0n) is 17.5. The minimum atomic E-state index is -0.932. The molecule has 0 radical (unpaired) electrons. The van der Waals surface area contributed by atoms with Crippen LogP contribution in [0.5, 0.6) is 0 Å². The van der Waals surface area contributed by atoms with Crippen molar-refractivity contribution in [2.75, 3.05) is 0 Å². The van der Waals surface area contributed by atoms with Gasteiger partial charge in [0.25, 0.3) is 0 Å². The molecule has 152 valence electrons. The molecule has 0 aliphatic heterocycles. The van der Waals surface area contributed by atoms with Gasteiger partial charge >= 0.3 is 0 Å². The number of nitrogens with zero attached hydrogens (tertiary/aromatic N) is 1. The van der Waals surface area contributed by atoms with Crippen molar-refractivity contribution >= 4 is 5.78 Å². The second-order valence-electron chi connectivity index (χ2n) is 10.2. The van der Waals surface area contributed by atoms with Gasteiger partial charge in [0.05, 0.1) is 0 Å². The van der Waals surface area contributed by atoms with Crippen LogP contribution in [0.3, 0.4) is 0 Å². The maximum atomic E-state index is 12.0. The van der Waals surface area contributed by atoms with Crippen molar-refractivity contribution in [2.45, 2.75) is 64.4 Å². The molecule has 1 aromatic heterocycles. The van der Waals surface area contributed by atoms with Gasteiger partial charge in [0, 0.05) is 18.0 Å². The second-order valence-corrected chi connectivity index (χ2v) is 10.2. The van der Waals surface area contributed by atoms with Crippen molar-refractivity contribution in [3.63, 3.8) is 0 Å². The number of aliphatic hydroxyl groups is 1. The Bertz CT molecular complexity index is 910. The predicted molar refractivity (Wildman–Crippen MR) is 113 cm³/mol. The van der Waals surface area contributed by atoms with Crippen LogP contribution in [0.15, 0.2) is 36.0 Å². The van der Waals surface area contributed by atoms with Crippen molar-refractivity contribution in [3.05, 3.63) is 41.7 Å². The molecule has 5 rings (SSSR count). The number of carbonyl (C=O) groups is 1. The summed E-state index contributed by atoms with van der Waals surface area (Å²) in [5, 5.41) is 11.7. The molecule has 7 atom stereocenters. The van der Waals surface area contributed by atoms with Gasteiger partial charge in [-0.3, -0.25) is 4.79 Å². The maximum Gasteiger partial charge on any atom is 0.155 e. The van der Waals surface area contributed by atoms with E-state index < -0.39 is 5.60 Å². The van der Waals surface area contributed by atoms with Gasteiger partial charge in [-0.1, -0.05) is 31.4 Å². The number of hydrogen-bond acceptors (Lipinski definition) is 3. The van der Waals surface area contributed by atoms with E-state index in [1.807, 2.05) is 24.3 Å². The lowest BCUT2D eigenvalue weighted by Crippen LogP contribution is -2.54. The number of pyridine rings is 1. The summed E-state index contributed by atoms with van der Waals surface area (Å²) in [6, 6.07) is 5.73. The van der Waals surface area contributed by atoms with E-state index in [0.717, 1.165) is 44.2 Å². The lowest BCUT2D eigenvalue weighted by atomic mass is 9.48. The molecule has 4 aliphatic rings. The van der Waals surface area contributed by atoms with Gasteiger partial charge in [0.1, 0.15) is 11.3 Å². The molecule has 3 nitrogen and oxygen atoms in total. The van der Waals surface area contributed by atoms with Gasteiger partial charge < -0.3 is 5.11 Å². The Balaban J connectivity index is 1.46.